The van der Waals surface area contributed by atoms with Crippen molar-refractivity contribution in [2.45, 2.75) is 12.5 Å². The molecule has 3 nitrogen and oxygen atoms in total. The average molecular weight is 124 g/mol. The second-order valence-corrected chi connectivity index (χ2v) is 2.36. The maximum Gasteiger partial charge on any atom is 0.321 e. The van der Waals surface area contributed by atoms with Gasteiger partial charge in [0.05, 0.1) is 6.04 Å². The van der Waals surface area contributed by atoms with Crippen LogP contribution in [0.1, 0.15) is 6.42 Å². The maximum absolute atomic E-state index is 10.8. The summed E-state index contributed by atoms with van der Waals surface area (Å²) in [5.74, 6) is 0. The van der Waals surface area contributed by atoms with Crippen molar-refractivity contribution in [2.75, 3.05) is 6.54 Å². The van der Waals surface area contributed by atoms with Gasteiger partial charge in [-0.15, -0.1) is 0 Å². The zero-order chi connectivity index (χ0) is 6.27. The van der Waals surface area contributed by atoms with Crippen LogP contribution in [0, 0.1) is 0 Å². The Morgan fingerprint density at radius 1 is 1.78 bits per heavy atom. The molecule has 0 spiro atoms. The number of hydrogen-bond donors (Lipinski definition) is 1. The Hall–Kier alpha value is -0.990. The second kappa shape index (κ2) is 1.50. The quantitative estimate of drug-likeness (QED) is 0.495. The minimum Gasteiger partial charge on any atom is -0.318 e. The predicted octanol–water partition coefficient (Wildman–Crippen LogP) is 0.298. The zero-order valence-electron chi connectivity index (χ0n) is 5.00. The smallest absolute Gasteiger partial charge is 0.318 e. The molecule has 1 atom stereocenters. The summed E-state index contributed by atoms with van der Waals surface area (Å²) in [6.45, 7) is 0.918. The third-order valence-electron chi connectivity index (χ3n) is 1.85. The molecule has 0 aliphatic carbocycles. The summed E-state index contributed by atoms with van der Waals surface area (Å²) >= 11 is 0. The van der Waals surface area contributed by atoms with E-state index in [0.29, 0.717) is 6.04 Å². The lowest BCUT2D eigenvalue weighted by atomic mass is 10.0. The first kappa shape index (κ1) is 4.85. The van der Waals surface area contributed by atoms with E-state index in [1.807, 2.05) is 11.0 Å². The van der Waals surface area contributed by atoms with E-state index in [0.717, 1.165) is 13.0 Å². The number of nitrogens with one attached hydrogen (secondary N) is 1. The van der Waals surface area contributed by atoms with E-state index in [9.17, 15) is 4.79 Å². The number of hydrogen-bond acceptors (Lipinski definition) is 1. The predicted molar refractivity (Wildman–Crippen MR) is 32.8 cm³/mol. The molecule has 3 heteroatoms. The first-order valence-electron chi connectivity index (χ1n) is 3.12. The van der Waals surface area contributed by atoms with Gasteiger partial charge in [0.25, 0.3) is 0 Å². The highest BCUT2D eigenvalue weighted by molar-refractivity contribution is 5.77. The molecule has 2 aliphatic heterocycles. The van der Waals surface area contributed by atoms with E-state index in [1.165, 1.54) is 0 Å². The normalized spacial score (nSPS) is 30.9. The van der Waals surface area contributed by atoms with Crippen molar-refractivity contribution in [3.63, 3.8) is 0 Å². The third-order valence-corrected chi connectivity index (χ3v) is 1.85. The highest BCUT2D eigenvalue weighted by atomic mass is 16.2. The van der Waals surface area contributed by atoms with Crippen molar-refractivity contribution >= 4 is 6.03 Å². The van der Waals surface area contributed by atoms with Gasteiger partial charge >= 0.3 is 6.03 Å². The van der Waals surface area contributed by atoms with E-state index in [1.54, 1.807) is 6.20 Å². The summed E-state index contributed by atoms with van der Waals surface area (Å²) in [4.78, 5) is 12.6. The van der Waals surface area contributed by atoms with Crippen molar-refractivity contribution in [1.29, 1.82) is 0 Å². The zero-order valence-corrected chi connectivity index (χ0v) is 5.00. The Morgan fingerprint density at radius 3 is 3.11 bits per heavy atom. The molecule has 0 saturated carbocycles. The summed E-state index contributed by atoms with van der Waals surface area (Å²) in [7, 11) is 0. The van der Waals surface area contributed by atoms with Crippen LogP contribution in [0.5, 0.6) is 0 Å². The van der Waals surface area contributed by atoms with Crippen molar-refractivity contribution in [2.24, 2.45) is 0 Å². The molecule has 2 rings (SSSR count). The van der Waals surface area contributed by atoms with Crippen molar-refractivity contribution in [3.05, 3.63) is 12.3 Å². The van der Waals surface area contributed by atoms with Gasteiger partial charge in [0.2, 0.25) is 0 Å². The average Bonchev–Trinajstić information content (AvgIpc) is 1.74. The first-order valence-corrected chi connectivity index (χ1v) is 3.12. The maximum atomic E-state index is 10.8. The van der Waals surface area contributed by atoms with Crippen LogP contribution >= 0.6 is 0 Å². The molecule has 2 heterocycles. The van der Waals surface area contributed by atoms with E-state index in [-0.39, 0.29) is 6.03 Å². The number of urea groups is 1. The molecule has 2 amide bonds. The molecular weight excluding hydrogens is 116 g/mol. The molecule has 0 aromatic rings. The SMILES string of the molecule is O=C1NC=CC2CCN12. The summed E-state index contributed by atoms with van der Waals surface area (Å²) in [6.07, 6.45) is 4.87. The molecule has 48 valence electrons. The van der Waals surface area contributed by atoms with Crippen LogP contribution in [0.4, 0.5) is 4.79 Å². The van der Waals surface area contributed by atoms with E-state index in [2.05, 4.69) is 5.32 Å². The molecular formula is C6H8N2O. The molecule has 0 aromatic heterocycles. The van der Waals surface area contributed by atoms with Crippen LogP contribution in [-0.4, -0.2) is 23.5 Å². The fraction of sp³-hybridized carbons (Fsp3) is 0.500. The molecule has 0 bridgehead atoms. The van der Waals surface area contributed by atoms with Crippen molar-refractivity contribution in [3.8, 4) is 0 Å². The molecule has 1 saturated heterocycles. The van der Waals surface area contributed by atoms with Crippen LogP contribution < -0.4 is 5.32 Å². The summed E-state index contributed by atoms with van der Waals surface area (Å²) in [5.41, 5.74) is 0. The molecule has 1 fully saturated rings. The van der Waals surface area contributed by atoms with Crippen molar-refractivity contribution < 1.29 is 4.79 Å². The van der Waals surface area contributed by atoms with Gasteiger partial charge < -0.3 is 10.2 Å². The topological polar surface area (TPSA) is 32.3 Å². The van der Waals surface area contributed by atoms with Gasteiger partial charge in [0.1, 0.15) is 0 Å². The Kier molecular flexibility index (Phi) is 0.806. The number of fused-ring (bicyclic) bond motifs is 1. The molecule has 2 aliphatic rings. The number of nitrogens with zero attached hydrogens (tertiary/aromatic N) is 1. The number of amides is 2. The molecule has 1 N–H and O–H groups in total. The highest BCUT2D eigenvalue weighted by Gasteiger charge is 2.31. The lowest BCUT2D eigenvalue weighted by Crippen LogP contribution is -2.55. The highest BCUT2D eigenvalue weighted by Crippen LogP contribution is 2.20. The van der Waals surface area contributed by atoms with Crippen LogP contribution in [0.2, 0.25) is 0 Å². The lowest BCUT2D eigenvalue weighted by Gasteiger charge is -2.40. The molecule has 0 radical (unpaired) electrons. The van der Waals surface area contributed by atoms with Crippen LogP contribution in [0.15, 0.2) is 12.3 Å². The van der Waals surface area contributed by atoms with Gasteiger partial charge in [-0.3, -0.25) is 0 Å². The Balaban J connectivity index is 2.20. The summed E-state index contributed by atoms with van der Waals surface area (Å²) in [6, 6.07) is 0.451. The summed E-state index contributed by atoms with van der Waals surface area (Å²) in [5, 5.41) is 2.62. The van der Waals surface area contributed by atoms with Gasteiger partial charge in [-0.25, -0.2) is 4.79 Å². The first-order chi connectivity index (χ1) is 4.38. The van der Waals surface area contributed by atoms with Crippen LogP contribution in [0.3, 0.4) is 0 Å². The van der Waals surface area contributed by atoms with Gasteiger partial charge in [-0.2, -0.15) is 0 Å². The fourth-order valence-electron chi connectivity index (χ4n) is 1.17. The molecule has 0 aromatic carbocycles. The standard InChI is InChI=1S/C6H8N2O/c9-6-7-3-1-5-2-4-8(5)6/h1,3,5H,2,4H2,(H,7,9). The van der Waals surface area contributed by atoms with E-state index >= 15 is 0 Å². The lowest BCUT2D eigenvalue weighted by molar-refractivity contribution is 0.136. The van der Waals surface area contributed by atoms with E-state index < -0.39 is 0 Å². The van der Waals surface area contributed by atoms with Crippen LogP contribution in [-0.2, 0) is 0 Å². The van der Waals surface area contributed by atoms with Gasteiger partial charge in [-0.05, 0) is 12.5 Å². The molecule has 1 unspecified atom stereocenters. The second-order valence-electron chi connectivity index (χ2n) is 2.36. The van der Waals surface area contributed by atoms with E-state index in [4.69, 9.17) is 0 Å². The number of carbonyl (C=O) groups excluding carboxylic acids is 1. The minimum atomic E-state index is 0.0498. The minimum absolute atomic E-state index is 0.0498. The number of rotatable bonds is 0. The Morgan fingerprint density at radius 2 is 2.67 bits per heavy atom. The Bertz CT molecular complexity index is 176. The van der Waals surface area contributed by atoms with Crippen LogP contribution in [0.25, 0.3) is 0 Å². The third kappa shape index (κ3) is 0.542. The largest absolute Gasteiger partial charge is 0.321 e. The Labute approximate surface area is 53.3 Å². The van der Waals surface area contributed by atoms with Gasteiger partial charge in [0, 0.05) is 12.7 Å². The monoisotopic (exact) mass is 124 g/mol. The summed E-state index contributed by atoms with van der Waals surface area (Å²) < 4.78 is 0. The fourth-order valence-corrected chi connectivity index (χ4v) is 1.17. The molecule has 9 heavy (non-hydrogen) atoms. The van der Waals surface area contributed by atoms with Gasteiger partial charge in [0.15, 0.2) is 0 Å². The number of carbonyl (C=O) groups is 1. The van der Waals surface area contributed by atoms with Crippen molar-refractivity contribution in [1.82, 2.24) is 10.2 Å². The van der Waals surface area contributed by atoms with Gasteiger partial charge in [-0.1, -0.05) is 0 Å².